The Labute approximate surface area is 186 Å². The van der Waals surface area contributed by atoms with Crippen molar-refractivity contribution in [2.75, 3.05) is 18.4 Å². The van der Waals surface area contributed by atoms with Crippen LogP contribution in [0.2, 0.25) is 0 Å². The highest BCUT2D eigenvalue weighted by atomic mass is 16.5. The van der Waals surface area contributed by atoms with Crippen LogP contribution in [0.3, 0.4) is 0 Å². The number of nitrogens with zero attached hydrogens (tertiary/aromatic N) is 2. The summed E-state index contributed by atoms with van der Waals surface area (Å²) in [7, 11) is 0. The highest BCUT2D eigenvalue weighted by Crippen LogP contribution is 2.25. The van der Waals surface area contributed by atoms with Crippen molar-refractivity contribution in [3.8, 4) is 11.5 Å². The Kier molecular flexibility index (Phi) is 5.85. The highest BCUT2D eigenvalue weighted by molar-refractivity contribution is 5.92. The molecule has 1 aliphatic heterocycles. The van der Waals surface area contributed by atoms with Crippen LogP contribution in [0.4, 0.5) is 5.69 Å². The van der Waals surface area contributed by atoms with Crippen LogP contribution in [0, 0.1) is 5.92 Å². The lowest BCUT2D eigenvalue weighted by Crippen LogP contribution is -2.37. The molecule has 1 N–H and O–H groups in total. The Morgan fingerprint density at radius 2 is 1.84 bits per heavy atom. The van der Waals surface area contributed by atoms with Crippen molar-refractivity contribution in [2.45, 2.75) is 19.4 Å². The van der Waals surface area contributed by atoms with Gasteiger partial charge < -0.3 is 14.5 Å². The molecular weight excluding hydrogens is 402 g/mol. The normalized spacial score (nSPS) is 15.0. The number of likely N-dealkylation sites (tertiary alicyclic amines) is 1. The number of carbonyl (C=O) groups excluding carboxylic acids is 1. The van der Waals surface area contributed by atoms with Gasteiger partial charge in [-0.25, -0.2) is 0 Å². The van der Waals surface area contributed by atoms with E-state index in [-0.39, 0.29) is 11.8 Å². The van der Waals surface area contributed by atoms with Gasteiger partial charge >= 0.3 is 0 Å². The second kappa shape index (κ2) is 9.24. The predicted molar refractivity (Wildman–Crippen MR) is 124 cm³/mol. The summed E-state index contributed by atoms with van der Waals surface area (Å²) in [6.45, 7) is 2.54. The molecule has 6 nitrogen and oxygen atoms in total. The number of fused-ring (bicyclic) bond motifs is 1. The molecule has 4 aromatic rings. The fourth-order valence-electron chi connectivity index (χ4n) is 4.08. The lowest BCUT2D eigenvalue weighted by atomic mass is 9.95. The minimum Gasteiger partial charge on any atom is -0.460 e. The molecular formula is C26H25N3O3. The fraction of sp³-hybridized carbons (Fsp3) is 0.231. The number of carbonyl (C=O) groups is 1. The largest absolute Gasteiger partial charge is 0.460 e. The van der Waals surface area contributed by atoms with E-state index in [1.54, 1.807) is 12.4 Å². The standard InChI is InChI=1S/C26H25N3O3/c30-26(28-21-7-9-22(10-8-21)31-23-5-3-13-27-17-23)19-11-14-29(15-12-19)18-24-16-20-4-1-2-6-25(20)32-24/h1-10,13,16-17,19H,11-12,14-15,18H2,(H,28,30). The molecule has 0 aliphatic carbocycles. The zero-order valence-corrected chi connectivity index (χ0v) is 17.7. The summed E-state index contributed by atoms with van der Waals surface area (Å²) in [6.07, 6.45) is 5.05. The lowest BCUT2D eigenvalue weighted by molar-refractivity contribution is -0.121. The maximum Gasteiger partial charge on any atom is 0.227 e. The van der Waals surface area contributed by atoms with Gasteiger partial charge in [-0.2, -0.15) is 0 Å². The zero-order valence-electron chi connectivity index (χ0n) is 17.7. The van der Waals surface area contributed by atoms with Gasteiger partial charge in [0.25, 0.3) is 0 Å². The summed E-state index contributed by atoms with van der Waals surface area (Å²) in [5.41, 5.74) is 1.70. The van der Waals surface area contributed by atoms with Crippen LogP contribution in [0.25, 0.3) is 11.0 Å². The third-order valence-corrected chi connectivity index (χ3v) is 5.81. The fourth-order valence-corrected chi connectivity index (χ4v) is 4.08. The lowest BCUT2D eigenvalue weighted by Gasteiger charge is -2.30. The van der Waals surface area contributed by atoms with Gasteiger partial charge in [0, 0.05) is 23.2 Å². The van der Waals surface area contributed by atoms with Crippen LogP contribution < -0.4 is 10.1 Å². The molecule has 0 unspecified atom stereocenters. The van der Waals surface area contributed by atoms with E-state index < -0.39 is 0 Å². The van der Waals surface area contributed by atoms with E-state index in [0.29, 0.717) is 11.5 Å². The van der Waals surface area contributed by atoms with Crippen LogP contribution in [0.15, 0.2) is 83.5 Å². The highest BCUT2D eigenvalue weighted by Gasteiger charge is 2.25. The van der Waals surface area contributed by atoms with Gasteiger partial charge in [0.2, 0.25) is 5.91 Å². The minimum absolute atomic E-state index is 0.0215. The molecule has 3 heterocycles. The molecule has 1 amide bonds. The number of anilines is 1. The summed E-state index contributed by atoms with van der Waals surface area (Å²) < 4.78 is 11.7. The topological polar surface area (TPSA) is 67.6 Å². The third-order valence-electron chi connectivity index (χ3n) is 5.81. The number of furan rings is 1. The minimum atomic E-state index is 0.0215. The third kappa shape index (κ3) is 4.81. The number of hydrogen-bond acceptors (Lipinski definition) is 5. The number of benzene rings is 2. The van der Waals surface area contributed by atoms with Crippen LogP contribution in [-0.2, 0) is 11.3 Å². The molecule has 32 heavy (non-hydrogen) atoms. The van der Waals surface area contributed by atoms with Crippen molar-refractivity contribution in [3.05, 3.63) is 84.9 Å². The number of piperidine rings is 1. The second-order valence-corrected chi connectivity index (χ2v) is 8.11. The van der Waals surface area contributed by atoms with Gasteiger partial charge in [-0.15, -0.1) is 0 Å². The summed E-state index contributed by atoms with van der Waals surface area (Å²) in [4.78, 5) is 19.1. The summed E-state index contributed by atoms with van der Waals surface area (Å²) in [6, 6.07) is 21.3. The maximum absolute atomic E-state index is 12.7. The molecule has 2 aromatic carbocycles. The van der Waals surface area contributed by atoms with E-state index in [4.69, 9.17) is 9.15 Å². The van der Waals surface area contributed by atoms with Crippen molar-refractivity contribution in [2.24, 2.45) is 5.92 Å². The van der Waals surface area contributed by atoms with Crippen LogP contribution in [0.1, 0.15) is 18.6 Å². The van der Waals surface area contributed by atoms with Crippen molar-refractivity contribution in [1.82, 2.24) is 9.88 Å². The molecule has 162 valence electrons. The second-order valence-electron chi connectivity index (χ2n) is 8.11. The van der Waals surface area contributed by atoms with Gasteiger partial charge in [0.1, 0.15) is 22.8 Å². The first-order chi connectivity index (χ1) is 15.7. The first-order valence-corrected chi connectivity index (χ1v) is 10.9. The van der Waals surface area contributed by atoms with Gasteiger partial charge in [-0.1, -0.05) is 18.2 Å². The van der Waals surface area contributed by atoms with Crippen molar-refractivity contribution < 1.29 is 13.9 Å². The summed E-state index contributed by atoms with van der Waals surface area (Å²) in [5, 5.41) is 4.17. The van der Waals surface area contributed by atoms with Crippen molar-refractivity contribution in [3.63, 3.8) is 0 Å². The zero-order chi connectivity index (χ0) is 21.8. The number of pyridine rings is 1. The molecule has 1 fully saturated rings. The SMILES string of the molecule is O=C(Nc1ccc(Oc2cccnc2)cc1)C1CCN(Cc2cc3ccccc3o2)CC1. The van der Waals surface area contributed by atoms with E-state index in [1.165, 1.54) is 0 Å². The Morgan fingerprint density at radius 1 is 1.03 bits per heavy atom. The molecule has 6 heteroatoms. The number of hydrogen-bond donors (Lipinski definition) is 1. The van der Waals surface area contributed by atoms with Gasteiger partial charge in [-0.05, 0) is 74.5 Å². The Morgan fingerprint density at radius 3 is 2.59 bits per heavy atom. The molecule has 1 aliphatic rings. The first kappa shape index (κ1) is 20.3. The van der Waals surface area contributed by atoms with E-state index >= 15 is 0 Å². The number of rotatable bonds is 6. The number of aromatic nitrogens is 1. The van der Waals surface area contributed by atoms with E-state index in [0.717, 1.165) is 54.9 Å². The molecule has 0 radical (unpaired) electrons. The van der Waals surface area contributed by atoms with E-state index in [9.17, 15) is 4.79 Å². The predicted octanol–water partition coefficient (Wildman–Crippen LogP) is 5.47. The molecule has 1 saturated heterocycles. The molecule has 0 spiro atoms. The van der Waals surface area contributed by atoms with E-state index in [2.05, 4.69) is 27.3 Å². The Hall–Kier alpha value is -3.64. The number of para-hydroxylation sites is 1. The van der Waals surface area contributed by atoms with Crippen molar-refractivity contribution in [1.29, 1.82) is 0 Å². The van der Waals surface area contributed by atoms with E-state index in [1.807, 2.05) is 54.6 Å². The summed E-state index contributed by atoms with van der Waals surface area (Å²) in [5.74, 6) is 2.46. The quantitative estimate of drug-likeness (QED) is 0.442. The molecule has 2 aromatic heterocycles. The van der Waals surface area contributed by atoms with Gasteiger partial charge in [0.15, 0.2) is 0 Å². The monoisotopic (exact) mass is 427 g/mol. The number of ether oxygens (including phenoxy) is 1. The first-order valence-electron chi connectivity index (χ1n) is 10.9. The average molecular weight is 428 g/mol. The maximum atomic E-state index is 12.7. The Balaban J connectivity index is 1.11. The van der Waals surface area contributed by atoms with Crippen LogP contribution in [-0.4, -0.2) is 28.9 Å². The van der Waals surface area contributed by atoms with Crippen molar-refractivity contribution >= 4 is 22.6 Å². The molecule has 0 atom stereocenters. The molecule has 5 rings (SSSR count). The smallest absolute Gasteiger partial charge is 0.227 e. The summed E-state index contributed by atoms with van der Waals surface area (Å²) >= 11 is 0. The number of amides is 1. The molecule has 0 saturated carbocycles. The average Bonchev–Trinajstić information content (AvgIpc) is 3.24. The Bertz CT molecular complexity index is 1150. The van der Waals surface area contributed by atoms with Crippen LogP contribution in [0.5, 0.6) is 11.5 Å². The van der Waals surface area contributed by atoms with Crippen LogP contribution >= 0.6 is 0 Å². The van der Waals surface area contributed by atoms with Gasteiger partial charge in [-0.3, -0.25) is 14.7 Å². The molecule has 0 bridgehead atoms. The number of nitrogens with one attached hydrogen (secondary N) is 1. The van der Waals surface area contributed by atoms with Gasteiger partial charge in [0.05, 0.1) is 12.7 Å².